The van der Waals surface area contributed by atoms with Gasteiger partial charge in [-0.3, -0.25) is 4.79 Å². The highest BCUT2D eigenvalue weighted by molar-refractivity contribution is 6.32. The lowest BCUT2D eigenvalue weighted by Crippen LogP contribution is -2.06. The fourth-order valence-electron chi connectivity index (χ4n) is 3.08. The molecule has 0 spiro atoms. The standard InChI is InChI=1S/C25H25ClO4/c1-18-7-11-23(22(26)15-18)30-17-20-8-9-21(10-12-25(27)28)24(16-20)29-14-13-19-5-3-2-4-6-19/h2-9,11,15-16H,10,12-14,17H2,1H3,(H,27,28). The van der Waals surface area contributed by atoms with Crippen LogP contribution in [0, 0.1) is 6.92 Å². The van der Waals surface area contributed by atoms with E-state index in [1.165, 1.54) is 5.56 Å². The maximum absolute atomic E-state index is 11.0. The molecule has 0 aliphatic heterocycles. The first kappa shape index (κ1) is 21.7. The van der Waals surface area contributed by atoms with Crippen LogP contribution in [0.3, 0.4) is 0 Å². The smallest absolute Gasteiger partial charge is 0.303 e. The van der Waals surface area contributed by atoms with Gasteiger partial charge in [0, 0.05) is 12.8 Å². The molecule has 1 N–H and O–H groups in total. The summed E-state index contributed by atoms with van der Waals surface area (Å²) in [7, 11) is 0. The van der Waals surface area contributed by atoms with Gasteiger partial charge in [0.25, 0.3) is 0 Å². The van der Waals surface area contributed by atoms with E-state index in [-0.39, 0.29) is 6.42 Å². The summed E-state index contributed by atoms with van der Waals surface area (Å²) >= 11 is 6.24. The molecule has 3 rings (SSSR count). The number of ether oxygens (including phenoxy) is 2. The van der Waals surface area contributed by atoms with Crippen molar-refractivity contribution in [3.63, 3.8) is 0 Å². The van der Waals surface area contributed by atoms with Gasteiger partial charge < -0.3 is 14.6 Å². The van der Waals surface area contributed by atoms with Gasteiger partial charge in [0.1, 0.15) is 18.1 Å². The molecule has 5 heteroatoms. The van der Waals surface area contributed by atoms with Crippen molar-refractivity contribution in [3.8, 4) is 11.5 Å². The van der Waals surface area contributed by atoms with Crippen LogP contribution in [0.1, 0.15) is 28.7 Å². The minimum Gasteiger partial charge on any atom is -0.493 e. The Balaban J connectivity index is 1.69. The lowest BCUT2D eigenvalue weighted by Gasteiger charge is -2.14. The van der Waals surface area contributed by atoms with E-state index < -0.39 is 5.97 Å². The summed E-state index contributed by atoms with van der Waals surface area (Å²) in [5.41, 5.74) is 4.07. The van der Waals surface area contributed by atoms with Crippen LogP contribution in [0.4, 0.5) is 0 Å². The Morgan fingerprint density at radius 3 is 2.43 bits per heavy atom. The Bertz CT molecular complexity index is 986. The molecule has 0 heterocycles. The van der Waals surface area contributed by atoms with E-state index in [2.05, 4.69) is 12.1 Å². The zero-order chi connectivity index (χ0) is 21.3. The van der Waals surface area contributed by atoms with E-state index >= 15 is 0 Å². The molecule has 0 aromatic heterocycles. The van der Waals surface area contributed by atoms with Crippen molar-refractivity contribution in [2.24, 2.45) is 0 Å². The summed E-state index contributed by atoms with van der Waals surface area (Å²) in [6, 6.07) is 21.6. The van der Waals surface area contributed by atoms with Crippen LogP contribution in [-0.2, 0) is 24.2 Å². The van der Waals surface area contributed by atoms with E-state index in [4.69, 9.17) is 26.2 Å². The van der Waals surface area contributed by atoms with Crippen molar-refractivity contribution in [3.05, 3.63) is 94.0 Å². The van der Waals surface area contributed by atoms with Gasteiger partial charge in [0.05, 0.1) is 11.6 Å². The van der Waals surface area contributed by atoms with Crippen molar-refractivity contribution in [1.29, 1.82) is 0 Å². The van der Waals surface area contributed by atoms with Crippen LogP contribution in [0.25, 0.3) is 0 Å². The number of aliphatic carboxylic acids is 1. The molecule has 0 unspecified atom stereocenters. The third-order valence-electron chi connectivity index (χ3n) is 4.71. The molecular weight excluding hydrogens is 400 g/mol. The molecule has 156 valence electrons. The van der Waals surface area contributed by atoms with Gasteiger partial charge >= 0.3 is 5.97 Å². The van der Waals surface area contributed by atoms with Gasteiger partial charge in [-0.05, 0) is 53.8 Å². The second-order valence-electron chi connectivity index (χ2n) is 7.14. The maximum atomic E-state index is 11.0. The number of hydrogen-bond donors (Lipinski definition) is 1. The highest BCUT2D eigenvalue weighted by Crippen LogP contribution is 2.27. The summed E-state index contributed by atoms with van der Waals surface area (Å²) in [5.74, 6) is 0.499. The van der Waals surface area contributed by atoms with Gasteiger partial charge in [-0.15, -0.1) is 0 Å². The molecule has 0 atom stereocenters. The summed E-state index contributed by atoms with van der Waals surface area (Å²) in [5, 5.41) is 9.60. The molecule has 0 radical (unpaired) electrons. The van der Waals surface area contributed by atoms with E-state index in [1.54, 1.807) is 0 Å². The summed E-state index contributed by atoms with van der Waals surface area (Å²) in [4.78, 5) is 11.0. The average molecular weight is 425 g/mol. The second kappa shape index (κ2) is 10.7. The van der Waals surface area contributed by atoms with Gasteiger partial charge in [0.15, 0.2) is 0 Å². The van der Waals surface area contributed by atoms with Crippen LogP contribution >= 0.6 is 11.6 Å². The number of carboxylic acids is 1. The minimum atomic E-state index is -0.827. The van der Waals surface area contributed by atoms with Crippen molar-refractivity contribution in [2.45, 2.75) is 32.8 Å². The summed E-state index contributed by atoms with van der Waals surface area (Å²) in [6.45, 7) is 2.83. The molecule has 3 aromatic carbocycles. The lowest BCUT2D eigenvalue weighted by molar-refractivity contribution is -0.136. The van der Waals surface area contributed by atoms with Crippen LogP contribution < -0.4 is 9.47 Å². The first-order valence-electron chi connectivity index (χ1n) is 9.90. The molecule has 4 nitrogen and oxygen atoms in total. The fourth-order valence-corrected chi connectivity index (χ4v) is 3.37. The molecule has 0 amide bonds. The minimum absolute atomic E-state index is 0.0594. The number of carboxylic acid groups (broad SMARTS) is 1. The van der Waals surface area contributed by atoms with Gasteiger partial charge in [-0.2, -0.15) is 0 Å². The third-order valence-corrected chi connectivity index (χ3v) is 5.01. The zero-order valence-electron chi connectivity index (χ0n) is 16.9. The molecule has 3 aromatic rings. The molecule has 0 saturated heterocycles. The summed E-state index contributed by atoms with van der Waals surface area (Å²) < 4.78 is 11.9. The Kier molecular flexibility index (Phi) is 7.75. The Morgan fingerprint density at radius 2 is 1.70 bits per heavy atom. The number of carbonyl (C=O) groups is 1. The van der Waals surface area contributed by atoms with Gasteiger partial charge in [-0.25, -0.2) is 0 Å². The first-order chi connectivity index (χ1) is 14.5. The molecule has 0 bridgehead atoms. The predicted molar refractivity (Wildman–Crippen MR) is 119 cm³/mol. The van der Waals surface area contributed by atoms with Crippen LogP contribution in [0.5, 0.6) is 11.5 Å². The van der Waals surface area contributed by atoms with E-state index in [0.717, 1.165) is 23.1 Å². The molecule has 30 heavy (non-hydrogen) atoms. The Labute approximate surface area is 182 Å². The molecular formula is C25H25ClO4. The van der Waals surface area contributed by atoms with E-state index in [1.807, 2.05) is 61.5 Å². The number of benzene rings is 3. The SMILES string of the molecule is Cc1ccc(OCc2ccc(CCC(=O)O)c(OCCc3ccccc3)c2)c(Cl)c1. The van der Waals surface area contributed by atoms with Crippen LogP contribution in [0.15, 0.2) is 66.7 Å². The monoisotopic (exact) mass is 424 g/mol. The molecule has 0 aliphatic carbocycles. The summed E-state index contributed by atoms with van der Waals surface area (Å²) in [6.07, 6.45) is 1.25. The van der Waals surface area contributed by atoms with Crippen molar-refractivity contribution in [2.75, 3.05) is 6.61 Å². The third kappa shape index (κ3) is 6.53. The predicted octanol–water partition coefficient (Wildman–Crippen LogP) is 5.87. The average Bonchev–Trinajstić information content (AvgIpc) is 2.73. The zero-order valence-corrected chi connectivity index (χ0v) is 17.7. The van der Waals surface area contributed by atoms with Crippen molar-refractivity contribution >= 4 is 17.6 Å². The molecule has 0 saturated carbocycles. The molecule has 0 fully saturated rings. The topological polar surface area (TPSA) is 55.8 Å². The quantitative estimate of drug-likeness (QED) is 0.442. The fraction of sp³-hybridized carbons (Fsp3) is 0.240. The highest BCUT2D eigenvalue weighted by Gasteiger charge is 2.10. The van der Waals surface area contributed by atoms with E-state index in [9.17, 15) is 4.79 Å². The number of halogens is 1. The largest absolute Gasteiger partial charge is 0.493 e. The van der Waals surface area contributed by atoms with Crippen LogP contribution in [0.2, 0.25) is 5.02 Å². The maximum Gasteiger partial charge on any atom is 0.303 e. The van der Waals surface area contributed by atoms with Gasteiger partial charge in [0.2, 0.25) is 0 Å². The Hall–Kier alpha value is -2.98. The normalized spacial score (nSPS) is 10.6. The number of hydrogen-bond acceptors (Lipinski definition) is 3. The lowest BCUT2D eigenvalue weighted by atomic mass is 10.1. The van der Waals surface area contributed by atoms with Crippen molar-refractivity contribution < 1.29 is 19.4 Å². The number of aryl methyl sites for hydroxylation is 2. The molecule has 0 aliphatic rings. The van der Waals surface area contributed by atoms with Crippen molar-refractivity contribution in [1.82, 2.24) is 0 Å². The number of rotatable bonds is 10. The van der Waals surface area contributed by atoms with Gasteiger partial charge in [-0.1, -0.05) is 60.1 Å². The highest BCUT2D eigenvalue weighted by atomic mass is 35.5. The van der Waals surface area contributed by atoms with Crippen LogP contribution in [-0.4, -0.2) is 17.7 Å². The first-order valence-corrected chi connectivity index (χ1v) is 10.3. The second-order valence-corrected chi connectivity index (χ2v) is 7.55. The Morgan fingerprint density at radius 1 is 0.900 bits per heavy atom. The van der Waals surface area contributed by atoms with E-state index in [0.29, 0.717) is 36.2 Å².